The second-order valence-electron chi connectivity index (χ2n) is 4.72. The van der Waals surface area contributed by atoms with E-state index in [-0.39, 0.29) is 4.90 Å². The van der Waals surface area contributed by atoms with Gasteiger partial charge in [0.2, 0.25) is 15.9 Å². The van der Waals surface area contributed by atoms with Crippen LogP contribution < -0.4 is 10.0 Å². The molecule has 0 spiro atoms. The summed E-state index contributed by atoms with van der Waals surface area (Å²) in [6.07, 6.45) is 0. The summed E-state index contributed by atoms with van der Waals surface area (Å²) in [6.45, 7) is 4.16. The van der Waals surface area contributed by atoms with E-state index in [2.05, 4.69) is 10.0 Å². The first-order chi connectivity index (χ1) is 9.63. The maximum absolute atomic E-state index is 12.2. The van der Waals surface area contributed by atoms with E-state index in [4.69, 9.17) is 5.11 Å². The molecule has 0 aliphatic rings. The van der Waals surface area contributed by atoms with Crippen LogP contribution in [0.4, 0.5) is 0 Å². The molecular weight excluding hydrogens is 296 g/mol. The van der Waals surface area contributed by atoms with Crippen molar-refractivity contribution in [2.24, 2.45) is 0 Å². The zero-order valence-electron chi connectivity index (χ0n) is 12.1. The number of carboxylic acid groups (broad SMARTS) is 1. The molecule has 0 atom stereocenters. The molecule has 0 unspecified atom stereocenters. The maximum atomic E-state index is 12.2. The number of aliphatic carboxylic acids is 1. The van der Waals surface area contributed by atoms with Crippen molar-refractivity contribution in [2.45, 2.75) is 25.7 Å². The van der Waals surface area contributed by atoms with Gasteiger partial charge in [0, 0.05) is 0 Å². The third-order valence-corrected chi connectivity index (χ3v) is 4.44. The van der Waals surface area contributed by atoms with Crippen molar-refractivity contribution in [1.82, 2.24) is 10.0 Å². The summed E-state index contributed by atoms with van der Waals surface area (Å²) in [7, 11) is -3.83. The molecule has 1 amide bonds. The lowest BCUT2D eigenvalue weighted by molar-refractivity contribution is -0.137. The van der Waals surface area contributed by atoms with E-state index in [0.717, 1.165) is 5.56 Å². The summed E-state index contributed by atoms with van der Waals surface area (Å²) >= 11 is 0. The highest BCUT2D eigenvalue weighted by Crippen LogP contribution is 2.21. The molecule has 8 heteroatoms. The lowest BCUT2D eigenvalue weighted by atomic mass is 10.1. The predicted octanol–water partition coefficient (Wildman–Crippen LogP) is 0.0910. The lowest BCUT2D eigenvalue weighted by Gasteiger charge is -2.13. The first-order valence-corrected chi connectivity index (χ1v) is 7.68. The largest absolute Gasteiger partial charge is 0.480 e. The van der Waals surface area contributed by atoms with Gasteiger partial charge in [-0.1, -0.05) is 17.7 Å². The maximum Gasteiger partial charge on any atom is 0.322 e. The molecule has 21 heavy (non-hydrogen) atoms. The number of carbonyl (C=O) groups excluding carboxylic acids is 1. The Hall–Kier alpha value is -1.93. The zero-order valence-corrected chi connectivity index (χ0v) is 12.9. The van der Waals surface area contributed by atoms with Crippen LogP contribution in [0.5, 0.6) is 0 Å². The average Bonchev–Trinajstić information content (AvgIpc) is 2.32. The first kappa shape index (κ1) is 17.1. The van der Waals surface area contributed by atoms with Crippen LogP contribution in [0.25, 0.3) is 0 Å². The topological polar surface area (TPSA) is 113 Å². The molecule has 0 saturated heterocycles. The Morgan fingerprint density at radius 1 is 1.10 bits per heavy atom. The van der Waals surface area contributed by atoms with E-state index in [1.165, 1.54) is 0 Å². The van der Waals surface area contributed by atoms with Gasteiger partial charge in [-0.25, -0.2) is 13.1 Å². The van der Waals surface area contributed by atoms with Gasteiger partial charge in [-0.05, 0) is 31.9 Å². The van der Waals surface area contributed by atoms with Gasteiger partial charge in [0.15, 0.2) is 0 Å². The van der Waals surface area contributed by atoms with Gasteiger partial charge in [-0.15, -0.1) is 0 Å². The van der Waals surface area contributed by atoms with Gasteiger partial charge < -0.3 is 10.4 Å². The van der Waals surface area contributed by atoms with Crippen LogP contribution >= 0.6 is 0 Å². The summed E-state index contributed by atoms with van der Waals surface area (Å²) in [5.41, 5.74) is 2.13. The fourth-order valence-corrected chi connectivity index (χ4v) is 3.49. The van der Waals surface area contributed by atoms with Crippen LogP contribution in [-0.2, 0) is 19.6 Å². The van der Waals surface area contributed by atoms with Gasteiger partial charge in [-0.3, -0.25) is 9.59 Å². The second-order valence-corrected chi connectivity index (χ2v) is 6.43. The van der Waals surface area contributed by atoms with Crippen molar-refractivity contribution < 1.29 is 23.1 Å². The number of nitrogens with one attached hydrogen (secondary N) is 2. The standard InChI is InChI=1S/C13H18N2O5S/c1-8-4-9(2)13(10(3)5-8)21(19,20)15-6-11(16)14-7-12(17)18/h4-5,15H,6-7H2,1-3H3,(H,14,16)(H,17,18). The Bertz CT molecular complexity index is 644. The molecule has 0 radical (unpaired) electrons. The first-order valence-electron chi connectivity index (χ1n) is 6.19. The van der Waals surface area contributed by atoms with Gasteiger partial charge >= 0.3 is 5.97 Å². The number of hydrogen-bond acceptors (Lipinski definition) is 4. The summed E-state index contributed by atoms with van der Waals surface area (Å²) in [5.74, 6) is -1.90. The lowest BCUT2D eigenvalue weighted by Crippen LogP contribution is -2.39. The van der Waals surface area contributed by atoms with Crippen LogP contribution in [-0.4, -0.2) is 38.5 Å². The van der Waals surface area contributed by atoms with Gasteiger partial charge in [0.25, 0.3) is 0 Å². The third-order valence-electron chi connectivity index (χ3n) is 2.73. The molecule has 1 aromatic carbocycles. The Balaban J connectivity index is 2.84. The van der Waals surface area contributed by atoms with Crippen LogP contribution in [0, 0.1) is 20.8 Å². The number of amides is 1. The highest BCUT2D eigenvalue weighted by molar-refractivity contribution is 7.89. The van der Waals surface area contributed by atoms with Crippen molar-refractivity contribution in [2.75, 3.05) is 13.1 Å². The highest BCUT2D eigenvalue weighted by Gasteiger charge is 2.20. The molecular formula is C13H18N2O5S. The number of carboxylic acids is 1. The number of hydrogen-bond donors (Lipinski definition) is 3. The minimum atomic E-state index is -3.83. The molecule has 0 saturated carbocycles. The quantitative estimate of drug-likeness (QED) is 0.689. The van der Waals surface area contributed by atoms with Crippen LogP contribution in [0.1, 0.15) is 16.7 Å². The Labute approximate surface area is 123 Å². The number of benzene rings is 1. The normalized spacial score (nSPS) is 11.2. The number of aryl methyl sites for hydroxylation is 3. The Morgan fingerprint density at radius 2 is 1.62 bits per heavy atom. The van der Waals surface area contributed by atoms with Crippen molar-refractivity contribution >= 4 is 21.9 Å². The zero-order chi connectivity index (χ0) is 16.2. The third kappa shape index (κ3) is 4.83. The summed E-state index contributed by atoms with van der Waals surface area (Å²) in [5, 5.41) is 10.5. The summed E-state index contributed by atoms with van der Waals surface area (Å²) in [6, 6.07) is 3.48. The van der Waals surface area contributed by atoms with E-state index < -0.39 is 35.0 Å². The second kappa shape index (κ2) is 6.68. The fraction of sp³-hybridized carbons (Fsp3) is 0.385. The predicted molar refractivity (Wildman–Crippen MR) is 76.5 cm³/mol. The van der Waals surface area contributed by atoms with Crippen molar-refractivity contribution in [3.8, 4) is 0 Å². The number of sulfonamides is 1. The van der Waals surface area contributed by atoms with Crippen LogP contribution in [0.2, 0.25) is 0 Å². The Morgan fingerprint density at radius 3 is 2.10 bits per heavy atom. The molecule has 0 heterocycles. The van der Waals surface area contributed by atoms with Crippen molar-refractivity contribution in [3.63, 3.8) is 0 Å². The molecule has 0 bridgehead atoms. The van der Waals surface area contributed by atoms with Gasteiger partial charge in [0.05, 0.1) is 11.4 Å². The monoisotopic (exact) mass is 314 g/mol. The fourth-order valence-electron chi connectivity index (χ4n) is 2.06. The molecule has 3 N–H and O–H groups in total. The van der Waals surface area contributed by atoms with E-state index in [9.17, 15) is 18.0 Å². The number of rotatable bonds is 6. The van der Waals surface area contributed by atoms with Crippen LogP contribution in [0.15, 0.2) is 17.0 Å². The SMILES string of the molecule is Cc1cc(C)c(S(=O)(=O)NCC(=O)NCC(=O)O)c(C)c1. The smallest absolute Gasteiger partial charge is 0.322 e. The molecule has 0 aromatic heterocycles. The Kier molecular flexibility index (Phi) is 5.45. The summed E-state index contributed by atoms with van der Waals surface area (Å²) < 4.78 is 26.6. The van der Waals surface area contributed by atoms with Crippen LogP contribution in [0.3, 0.4) is 0 Å². The van der Waals surface area contributed by atoms with Crippen molar-refractivity contribution in [1.29, 1.82) is 0 Å². The van der Waals surface area contributed by atoms with E-state index in [1.807, 2.05) is 6.92 Å². The van der Waals surface area contributed by atoms with Gasteiger partial charge in [0.1, 0.15) is 6.54 Å². The number of carbonyl (C=O) groups is 2. The van der Waals surface area contributed by atoms with Gasteiger partial charge in [-0.2, -0.15) is 0 Å². The van der Waals surface area contributed by atoms with Crippen molar-refractivity contribution in [3.05, 3.63) is 28.8 Å². The highest BCUT2D eigenvalue weighted by atomic mass is 32.2. The molecule has 1 aromatic rings. The molecule has 0 aliphatic carbocycles. The average molecular weight is 314 g/mol. The minimum Gasteiger partial charge on any atom is -0.480 e. The molecule has 0 fully saturated rings. The van der Waals surface area contributed by atoms with E-state index in [0.29, 0.717) is 11.1 Å². The molecule has 116 valence electrons. The minimum absolute atomic E-state index is 0.138. The molecule has 7 nitrogen and oxygen atoms in total. The van der Waals surface area contributed by atoms with E-state index in [1.54, 1.807) is 26.0 Å². The molecule has 0 aliphatic heterocycles. The molecule has 1 rings (SSSR count). The summed E-state index contributed by atoms with van der Waals surface area (Å²) in [4.78, 5) is 21.8. The van der Waals surface area contributed by atoms with E-state index >= 15 is 0 Å².